The first-order valence-electron chi connectivity index (χ1n) is 9.10. The van der Waals surface area contributed by atoms with Crippen molar-refractivity contribution in [2.75, 3.05) is 21.3 Å². The Labute approximate surface area is 160 Å². The van der Waals surface area contributed by atoms with E-state index in [2.05, 4.69) is 5.32 Å². The van der Waals surface area contributed by atoms with Crippen molar-refractivity contribution >= 4 is 19.5 Å². The number of hydrogen-bond donors (Lipinski definition) is 1. The van der Waals surface area contributed by atoms with Crippen molar-refractivity contribution in [2.45, 2.75) is 44.3 Å². The number of ether oxygens (including phenoxy) is 1. The largest absolute Gasteiger partial charge is 0.467 e. The summed E-state index contributed by atoms with van der Waals surface area (Å²) in [6.45, 7) is 0. The van der Waals surface area contributed by atoms with Crippen LogP contribution in [0.2, 0.25) is 0 Å². The normalized spacial score (nSPS) is 16.6. The van der Waals surface area contributed by atoms with E-state index in [4.69, 9.17) is 13.8 Å². The Morgan fingerprint density at radius 3 is 2.19 bits per heavy atom. The maximum Gasteiger partial charge on any atom is 0.334 e. The van der Waals surface area contributed by atoms with Crippen LogP contribution in [0.4, 0.5) is 0 Å². The van der Waals surface area contributed by atoms with Gasteiger partial charge in [0, 0.05) is 19.8 Å². The Morgan fingerprint density at radius 2 is 1.67 bits per heavy atom. The van der Waals surface area contributed by atoms with Crippen molar-refractivity contribution < 1.29 is 27.9 Å². The molecule has 0 radical (unpaired) electrons. The Balaban J connectivity index is 2.06. The number of carbonyl (C=O) groups excluding carboxylic acids is 2. The highest BCUT2D eigenvalue weighted by atomic mass is 31.2. The van der Waals surface area contributed by atoms with Crippen LogP contribution in [0, 0.1) is 5.92 Å². The minimum Gasteiger partial charge on any atom is -0.467 e. The first-order chi connectivity index (χ1) is 12.9. The van der Waals surface area contributed by atoms with E-state index >= 15 is 0 Å². The molecule has 7 nitrogen and oxygen atoms in total. The molecule has 0 spiro atoms. The number of hydrogen-bond acceptors (Lipinski definition) is 6. The Kier molecular flexibility index (Phi) is 8.02. The Bertz CT molecular complexity index is 676. The molecule has 1 N–H and O–H groups in total. The quantitative estimate of drug-likeness (QED) is 0.533. The van der Waals surface area contributed by atoms with Crippen LogP contribution in [-0.4, -0.2) is 39.2 Å². The Morgan fingerprint density at radius 1 is 1.07 bits per heavy atom. The van der Waals surface area contributed by atoms with Gasteiger partial charge in [0.05, 0.1) is 13.3 Å². The van der Waals surface area contributed by atoms with E-state index in [1.165, 1.54) is 21.3 Å². The first kappa shape index (κ1) is 21.6. The molecule has 0 heterocycles. The molecular weight excluding hydrogens is 369 g/mol. The van der Waals surface area contributed by atoms with Crippen LogP contribution in [-0.2, 0) is 29.3 Å². The maximum absolute atomic E-state index is 12.6. The van der Waals surface area contributed by atoms with Crippen LogP contribution in [0.1, 0.15) is 48.0 Å². The smallest absolute Gasteiger partial charge is 0.334 e. The number of amides is 1. The van der Waals surface area contributed by atoms with Crippen LogP contribution in [0.3, 0.4) is 0 Å². The zero-order chi connectivity index (χ0) is 19.9. The molecule has 0 bridgehead atoms. The van der Waals surface area contributed by atoms with Crippen molar-refractivity contribution in [1.82, 2.24) is 5.32 Å². The standard InChI is InChI=1S/C19H28NO6P/c1-24-19(22)17(15-7-5-4-6-8-15)20-18(21)16-11-9-14(10-12-16)13-27(23,25-2)26-3/h9-12,15,17H,4-8,13H2,1-3H3,(H,20,21)/t17-/m0/s1. The van der Waals surface area contributed by atoms with Crippen LogP contribution in [0.15, 0.2) is 24.3 Å². The van der Waals surface area contributed by atoms with Gasteiger partial charge in [0.15, 0.2) is 0 Å². The third-order valence-corrected chi connectivity index (χ3v) is 6.88. The van der Waals surface area contributed by atoms with E-state index in [1.807, 2.05) is 0 Å². The lowest BCUT2D eigenvalue weighted by Crippen LogP contribution is -2.47. The average molecular weight is 397 g/mol. The fourth-order valence-corrected chi connectivity index (χ4v) is 4.44. The molecule has 1 aromatic rings. The molecule has 1 aliphatic rings. The molecule has 1 saturated carbocycles. The molecule has 1 fully saturated rings. The minimum atomic E-state index is -3.16. The van der Waals surface area contributed by atoms with Gasteiger partial charge >= 0.3 is 13.6 Å². The predicted molar refractivity (Wildman–Crippen MR) is 102 cm³/mol. The molecule has 0 unspecified atom stereocenters. The van der Waals surface area contributed by atoms with Crippen LogP contribution < -0.4 is 5.32 Å². The highest BCUT2D eigenvalue weighted by Crippen LogP contribution is 2.49. The highest BCUT2D eigenvalue weighted by molar-refractivity contribution is 7.52. The molecule has 2 rings (SSSR count). The molecule has 1 atom stereocenters. The molecule has 150 valence electrons. The summed E-state index contributed by atoms with van der Waals surface area (Å²) in [6, 6.07) is 6.04. The van der Waals surface area contributed by atoms with Crippen molar-refractivity contribution in [1.29, 1.82) is 0 Å². The van der Waals surface area contributed by atoms with Gasteiger partial charge in [0.2, 0.25) is 0 Å². The lowest BCUT2D eigenvalue weighted by Gasteiger charge is -2.29. The van der Waals surface area contributed by atoms with E-state index in [0.29, 0.717) is 5.56 Å². The number of methoxy groups -OCH3 is 1. The fourth-order valence-electron chi connectivity index (χ4n) is 3.38. The van der Waals surface area contributed by atoms with E-state index < -0.39 is 19.6 Å². The van der Waals surface area contributed by atoms with Gasteiger partial charge in [-0.2, -0.15) is 0 Å². The van der Waals surface area contributed by atoms with E-state index in [0.717, 1.165) is 37.7 Å². The van der Waals surface area contributed by atoms with Gasteiger partial charge in [-0.05, 0) is 36.5 Å². The van der Waals surface area contributed by atoms with Gasteiger partial charge < -0.3 is 19.1 Å². The number of carbonyl (C=O) groups is 2. The van der Waals surface area contributed by atoms with Gasteiger partial charge in [0.25, 0.3) is 5.91 Å². The van der Waals surface area contributed by atoms with E-state index in [1.54, 1.807) is 24.3 Å². The monoisotopic (exact) mass is 397 g/mol. The highest BCUT2D eigenvalue weighted by Gasteiger charge is 2.32. The third-order valence-electron chi connectivity index (χ3n) is 5.01. The van der Waals surface area contributed by atoms with Crippen molar-refractivity contribution in [3.63, 3.8) is 0 Å². The zero-order valence-electron chi connectivity index (χ0n) is 16.1. The number of benzene rings is 1. The fraction of sp³-hybridized carbons (Fsp3) is 0.579. The van der Waals surface area contributed by atoms with Crippen molar-refractivity contribution in [3.05, 3.63) is 35.4 Å². The number of nitrogens with one attached hydrogen (secondary N) is 1. The van der Waals surface area contributed by atoms with E-state index in [9.17, 15) is 14.2 Å². The second-order valence-corrected chi connectivity index (χ2v) is 8.97. The molecule has 1 amide bonds. The van der Waals surface area contributed by atoms with Gasteiger partial charge in [-0.25, -0.2) is 4.79 Å². The summed E-state index contributed by atoms with van der Waals surface area (Å²) in [5.41, 5.74) is 1.16. The van der Waals surface area contributed by atoms with Gasteiger partial charge in [-0.1, -0.05) is 31.4 Å². The predicted octanol–water partition coefficient (Wildman–Crippen LogP) is 3.52. The molecule has 0 aromatic heterocycles. The van der Waals surface area contributed by atoms with Gasteiger partial charge in [0.1, 0.15) is 6.04 Å². The topological polar surface area (TPSA) is 90.9 Å². The maximum atomic E-state index is 12.6. The third kappa shape index (κ3) is 5.89. The summed E-state index contributed by atoms with van der Waals surface area (Å²) in [5, 5.41) is 2.83. The second kappa shape index (κ2) is 10.0. The van der Waals surface area contributed by atoms with Crippen LogP contribution in [0.5, 0.6) is 0 Å². The zero-order valence-corrected chi connectivity index (χ0v) is 17.0. The summed E-state index contributed by atoms with van der Waals surface area (Å²) >= 11 is 0. The van der Waals surface area contributed by atoms with Crippen molar-refractivity contribution in [2.24, 2.45) is 5.92 Å². The van der Waals surface area contributed by atoms with Gasteiger partial charge in [-0.15, -0.1) is 0 Å². The molecule has 27 heavy (non-hydrogen) atoms. The lowest BCUT2D eigenvalue weighted by molar-refractivity contribution is -0.144. The van der Waals surface area contributed by atoms with Gasteiger partial charge in [-0.3, -0.25) is 9.36 Å². The summed E-state index contributed by atoms with van der Waals surface area (Å²) in [7, 11) is 0.850. The number of rotatable bonds is 8. The summed E-state index contributed by atoms with van der Waals surface area (Å²) in [5.74, 6) is -0.638. The van der Waals surface area contributed by atoms with Crippen LogP contribution >= 0.6 is 7.60 Å². The summed E-state index contributed by atoms with van der Waals surface area (Å²) < 4.78 is 26.9. The van der Waals surface area contributed by atoms with Crippen LogP contribution in [0.25, 0.3) is 0 Å². The second-order valence-electron chi connectivity index (χ2n) is 6.70. The summed E-state index contributed by atoms with van der Waals surface area (Å²) in [6.07, 6.45) is 5.20. The molecule has 1 aromatic carbocycles. The molecule has 8 heteroatoms. The molecular formula is C19H28NO6P. The lowest BCUT2D eigenvalue weighted by atomic mass is 9.83. The summed E-state index contributed by atoms with van der Waals surface area (Å²) in [4.78, 5) is 24.8. The van der Waals surface area contributed by atoms with E-state index in [-0.39, 0.29) is 18.0 Å². The molecule has 0 saturated heterocycles. The SMILES string of the molecule is COC(=O)[C@@H](NC(=O)c1ccc(CP(=O)(OC)OC)cc1)C1CCCCC1. The Hall–Kier alpha value is -1.69. The average Bonchev–Trinajstić information content (AvgIpc) is 2.72. The molecule has 0 aliphatic heterocycles. The molecule has 1 aliphatic carbocycles. The minimum absolute atomic E-state index is 0.101. The number of esters is 1. The first-order valence-corrected chi connectivity index (χ1v) is 10.8. The van der Waals surface area contributed by atoms with Crippen molar-refractivity contribution in [3.8, 4) is 0 Å².